The lowest BCUT2D eigenvalue weighted by Crippen LogP contribution is -2.58. The Kier molecular flexibility index (Phi) is 4.99. The number of carbonyl (C=O) groups excluding carboxylic acids is 1. The highest BCUT2D eigenvalue weighted by atomic mass is 32.2. The number of ether oxygens (including phenoxy) is 1. The molecule has 2 heterocycles. The number of morpholine rings is 1. The maximum atomic E-state index is 12.5. The second-order valence-electron chi connectivity index (χ2n) is 4.98. The molecular weight excluding hydrogens is 320 g/mol. The Morgan fingerprint density at radius 3 is 2.67 bits per heavy atom. The Balaban J connectivity index is 2.12. The molecule has 0 aromatic heterocycles. The van der Waals surface area contributed by atoms with E-state index in [-0.39, 0.29) is 19.7 Å². The van der Waals surface area contributed by atoms with Crippen molar-refractivity contribution in [2.75, 3.05) is 44.0 Å². The molecule has 2 unspecified atom stereocenters. The Morgan fingerprint density at radius 2 is 2.05 bits per heavy atom. The van der Waals surface area contributed by atoms with Crippen LogP contribution in [0.2, 0.25) is 0 Å². The predicted molar refractivity (Wildman–Crippen MR) is 77.0 cm³/mol. The average Bonchev–Trinajstić information content (AvgIpc) is 2.45. The van der Waals surface area contributed by atoms with E-state index in [1.54, 1.807) is 0 Å². The van der Waals surface area contributed by atoms with Crippen molar-refractivity contribution < 1.29 is 27.9 Å². The molecule has 21 heavy (non-hydrogen) atoms. The van der Waals surface area contributed by atoms with Crippen molar-refractivity contribution in [1.82, 2.24) is 9.80 Å². The second kappa shape index (κ2) is 6.41. The molecule has 2 aliphatic rings. The standard InChI is InChI=1S/C11H18N2O6S2/c1-21(17,18)9-7-20-5-3-13(9)11(16)12-2-4-19-8(6-12)10(14)15/h8-9H,2-7H2,1H3,(H,14,15). The van der Waals surface area contributed by atoms with Gasteiger partial charge in [-0.25, -0.2) is 18.0 Å². The lowest BCUT2D eigenvalue weighted by Gasteiger charge is -2.39. The molecule has 2 aliphatic heterocycles. The van der Waals surface area contributed by atoms with E-state index in [4.69, 9.17) is 9.84 Å². The minimum Gasteiger partial charge on any atom is -0.479 e. The predicted octanol–water partition coefficient (Wildman–Crippen LogP) is -0.689. The first-order valence-electron chi connectivity index (χ1n) is 6.47. The minimum absolute atomic E-state index is 0.0612. The fourth-order valence-electron chi connectivity index (χ4n) is 2.31. The van der Waals surface area contributed by atoms with Crippen LogP contribution < -0.4 is 0 Å². The summed E-state index contributed by atoms with van der Waals surface area (Å²) in [6.07, 6.45) is 0.0574. The molecule has 0 aliphatic carbocycles. The van der Waals surface area contributed by atoms with Crippen molar-refractivity contribution in [3.63, 3.8) is 0 Å². The van der Waals surface area contributed by atoms with Crippen molar-refractivity contribution in [1.29, 1.82) is 0 Å². The monoisotopic (exact) mass is 338 g/mol. The van der Waals surface area contributed by atoms with E-state index in [0.717, 1.165) is 6.26 Å². The van der Waals surface area contributed by atoms with Crippen LogP contribution in [0.15, 0.2) is 0 Å². The van der Waals surface area contributed by atoms with E-state index in [2.05, 4.69) is 0 Å². The summed E-state index contributed by atoms with van der Waals surface area (Å²) in [4.78, 5) is 26.1. The number of hydrogen-bond donors (Lipinski definition) is 1. The maximum Gasteiger partial charge on any atom is 0.334 e. The van der Waals surface area contributed by atoms with E-state index in [9.17, 15) is 18.0 Å². The van der Waals surface area contributed by atoms with Gasteiger partial charge >= 0.3 is 12.0 Å². The van der Waals surface area contributed by atoms with Gasteiger partial charge in [-0.1, -0.05) is 0 Å². The van der Waals surface area contributed by atoms with Crippen LogP contribution in [0.5, 0.6) is 0 Å². The number of sulfone groups is 1. The van der Waals surface area contributed by atoms with Gasteiger partial charge in [0, 0.05) is 30.9 Å². The van der Waals surface area contributed by atoms with Crippen molar-refractivity contribution in [3.8, 4) is 0 Å². The Bertz CT molecular complexity index is 523. The van der Waals surface area contributed by atoms with Crippen molar-refractivity contribution in [3.05, 3.63) is 0 Å². The molecule has 2 saturated heterocycles. The lowest BCUT2D eigenvalue weighted by molar-refractivity contribution is -0.154. The second-order valence-corrected chi connectivity index (χ2v) is 8.33. The minimum atomic E-state index is -3.38. The van der Waals surface area contributed by atoms with E-state index < -0.39 is 33.3 Å². The number of nitrogens with zero attached hydrogens (tertiary/aromatic N) is 2. The van der Waals surface area contributed by atoms with E-state index >= 15 is 0 Å². The number of carboxylic acids is 1. The van der Waals surface area contributed by atoms with Gasteiger partial charge in [-0.05, 0) is 0 Å². The van der Waals surface area contributed by atoms with Crippen LogP contribution in [0.25, 0.3) is 0 Å². The number of hydrogen-bond acceptors (Lipinski definition) is 6. The van der Waals surface area contributed by atoms with Gasteiger partial charge in [0.1, 0.15) is 5.37 Å². The summed E-state index contributed by atoms with van der Waals surface area (Å²) in [6.45, 7) is 0.683. The number of rotatable bonds is 2. The molecule has 1 N–H and O–H groups in total. The van der Waals surface area contributed by atoms with Gasteiger partial charge < -0.3 is 19.6 Å². The van der Waals surface area contributed by atoms with Crippen LogP contribution in [-0.2, 0) is 19.4 Å². The number of carboxylic acid groups (broad SMARTS) is 1. The van der Waals surface area contributed by atoms with Crippen LogP contribution >= 0.6 is 11.8 Å². The quantitative estimate of drug-likeness (QED) is 0.711. The van der Waals surface area contributed by atoms with Crippen LogP contribution in [0.1, 0.15) is 0 Å². The summed E-state index contributed by atoms with van der Waals surface area (Å²) in [6, 6.07) is -0.430. The highest BCUT2D eigenvalue weighted by Crippen LogP contribution is 2.22. The molecule has 0 spiro atoms. The third-order valence-corrected chi connectivity index (χ3v) is 6.08. The summed E-state index contributed by atoms with van der Waals surface area (Å²) in [5.41, 5.74) is 0. The molecule has 2 rings (SSSR count). The zero-order valence-electron chi connectivity index (χ0n) is 11.6. The SMILES string of the molecule is CS(=O)(=O)C1CSCCN1C(=O)N1CCOC(C(=O)O)C1. The first kappa shape index (κ1) is 16.4. The van der Waals surface area contributed by atoms with Crippen molar-refractivity contribution in [2.45, 2.75) is 11.5 Å². The first-order valence-corrected chi connectivity index (χ1v) is 9.58. The first-order chi connectivity index (χ1) is 9.80. The third kappa shape index (κ3) is 3.80. The van der Waals surface area contributed by atoms with Gasteiger partial charge in [0.15, 0.2) is 15.9 Å². The highest BCUT2D eigenvalue weighted by Gasteiger charge is 2.38. The summed E-state index contributed by atoms with van der Waals surface area (Å²) in [5, 5.41) is 8.10. The number of aliphatic carboxylic acids is 1. The Morgan fingerprint density at radius 1 is 1.33 bits per heavy atom. The summed E-state index contributed by atoms with van der Waals surface area (Å²) in [5.74, 6) is -0.108. The zero-order chi connectivity index (χ0) is 15.6. The Labute approximate surface area is 127 Å². The maximum absolute atomic E-state index is 12.5. The lowest BCUT2D eigenvalue weighted by atomic mass is 10.3. The van der Waals surface area contributed by atoms with E-state index in [0.29, 0.717) is 18.1 Å². The molecular formula is C11H18N2O6S2. The van der Waals surface area contributed by atoms with E-state index in [1.807, 2.05) is 0 Å². The van der Waals surface area contributed by atoms with Gasteiger partial charge in [-0.2, -0.15) is 11.8 Å². The fourth-order valence-corrected chi connectivity index (χ4v) is 5.12. The van der Waals surface area contributed by atoms with Crippen LogP contribution in [0, 0.1) is 0 Å². The molecule has 0 bridgehead atoms. The Hall–Kier alpha value is -1.00. The fraction of sp³-hybridized carbons (Fsp3) is 0.818. The van der Waals surface area contributed by atoms with Gasteiger partial charge in [0.2, 0.25) is 0 Å². The molecule has 0 radical (unpaired) electrons. The summed E-state index contributed by atoms with van der Waals surface area (Å²) >= 11 is 1.49. The molecule has 2 amide bonds. The number of thioether (sulfide) groups is 1. The smallest absolute Gasteiger partial charge is 0.334 e. The van der Waals surface area contributed by atoms with Gasteiger partial charge in [-0.3, -0.25) is 0 Å². The molecule has 0 aromatic carbocycles. The van der Waals surface area contributed by atoms with Crippen molar-refractivity contribution in [2.24, 2.45) is 0 Å². The molecule has 0 aromatic rings. The number of amides is 2. The van der Waals surface area contributed by atoms with Gasteiger partial charge in [0.05, 0.1) is 13.2 Å². The molecule has 10 heteroatoms. The zero-order valence-corrected chi connectivity index (χ0v) is 13.2. The van der Waals surface area contributed by atoms with Crippen LogP contribution in [0.4, 0.5) is 4.79 Å². The van der Waals surface area contributed by atoms with Crippen LogP contribution in [-0.4, -0.2) is 90.8 Å². The molecule has 2 atom stereocenters. The molecule has 2 fully saturated rings. The largest absolute Gasteiger partial charge is 0.479 e. The van der Waals surface area contributed by atoms with Gasteiger partial charge in [-0.15, -0.1) is 0 Å². The van der Waals surface area contributed by atoms with Crippen molar-refractivity contribution >= 4 is 33.6 Å². The summed E-state index contributed by atoms with van der Waals surface area (Å²) in [7, 11) is -3.38. The van der Waals surface area contributed by atoms with Crippen LogP contribution in [0.3, 0.4) is 0 Å². The normalized spacial score (nSPS) is 27.5. The number of urea groups is 1. The molecule has 8 nitrogen and oxygen atoms in total. The third-order valence-electron chi connectivity index (χ3n) is 3.44. The van der Waals surface area contributed by atoms with Gasteiger partial charge in [0.25, 0.3) is 0 Å². The highest BCUT2D eigenvalue weighted by molar-refractivity contribution is 8.00. The average molecular weight is 338 g/mol. The molecule has 0 saturated carbocycles. The van der Waals surface area contributed by atoms with E-state index in [1.165, 1.54) is 21.6 Å². The topological polar surface area (TPSA) is 104 Å². The molecule has 120 valence electrons. The summed E-state index contributed by atoms with van der Waals surface area (Å²) < 4.78 is 28.7. The number of carbonyl (C=O) groups is 2.